The van der Waals surface area contributed by atoms with Crippen LogP contribution in [-0.4, -0.2) is 60.3 Å². The first kappa shape index (κ1) is 21.3. The number of imidazole rings is 1. The van der Waals surface area contributed by atoms with Gasteiger partial charge in [0.2, 0.25) is 0 Å². The summed E-state index contributed by atoms with van der Waals surface area (Å²) in [5, 5.41) is 6.79. The number of aryl methyl sites for hydroxylation is 1. The van der Waals surface area contributed by atoms with Crippen LogP contribution in [0.15, 0.2) is 53.5 Å². The number of benzene rings is 2. The van der Waals surface area contributed by atoms with Crippen LogP contribution in [0.3, 0.4) is 0 Å². The molecule has 3 aromatic rings. The molecule has 0 aliphatic carbocycles. The second-order valence-electron chi connectivity index (χ2n) is 7.60. The third-order valence-electron chi connectivity index (χ3n) is 5.72. The fourth-order valence-electron chi connectivity index (χ4n) is 3.96. The molecule has 1 atom stereocenters. The molecule has 164 valence electrons. The Labute approximate surface area is 181 Å². The number of guanidine groups is 1. The zero-order valence-corrected chi connectivity index (χ0v) is 18.0. The van der Waals surface area contributed by atoms with E-state index in [1.807, 2.05) is 37.4 Å². The van der Waals surface area contributed by atoms with Crippen LogP contribution in [-0.2, 0) is 18.3 Å². The smallest absolute Gasteiger partial charge is 0.191 e. The Hall–Kier alpha value is -2.97. The summed E-state index contributed by atoms with van der Waals surface area (Å²) in [6, 6.07) is 14.9. The van der Waals surface area contributed by atoms with E-state index in [1.165, 1.54) is 12.1 Å². The maximum absolute atomic E-state index is 13.4. The van der Waals surface area contributed by atoms with Gasteiger partial charge in [-0.1, -0.05) is 24.3 Å². The molecule has 7 nitrogen and oxygen atoms in total. The van der Waals surface area contributed by atoms with Gasteiger partial charge < -0.3 is 19.9 Å². The molecule has 31 heavy (non-hydrogen) atoms. The average Bonchev–Trinajstić information content (AvgIpc) is 3.13. The number of hydrogen-bond donors (Lipinski definition) is 2. The van der Waals surface area contributed by atoms with Gasteiger partial charge in [0, 0.05) is 33.7 Å². The lowest BCUT2D eigenvalue weighted by atomic mass is 10.0. The number of morpholine rings is 1. The minimum Gasteiger partial charge on any atom is -0.379 e. The molecule has 0 radical (unpaired) electrons. The molecule has 2 heterocycles. The van der Waals surface area contributed by atoms with Crippen LogP contribution in [0.4, 0.5) is 4.39 Å². The van der Waals surface area contributed by atoms with Crippen molar-refractivity contribution in [1.29, 1.82) is 0 Å². The molecule has 2 N–H and O–H groups in total. The van der Waals surface area contributed by atoms with Gasteiger partial charge in [-0.25, -0.2) is 9.37 Å². The molecule has 0 saturated carbocycles. The van der Waals surface area contributed by atoms with Crippen molar-refractivity contribution >= 4 is 17.0 Å². The molecule has 1 aliphatic heterocycles. The van der Waals surface area contributed by atoms with Crippen LogP contribution in [0.25, 0.3) is 11.0 Å². The van der Waals surface area contributed by atoms with Gasteiger partial charge in [0.1, 0.15) is 11.6 Å². The van der Waals surface area contributed by atoms with Crippen molar-refractivity contribution in [3.05, 3.63) is 65.7 Å². The predicted octanol–water partition coefficient (Wildman–Crippen LogP) is 2.45. The van der Waals surface area contributed by atoms with E-state index >= 15 is 0 Å². The molecule has 1 fully saturated rings. The van der Waals surface area contributed by atoms with E-state index in [0.29, 0.717) is 32.3 Å². The number of fused-ring (bicyclic) bond motifs is 1. The number of aromatic nitrogens is 2. The normalized spacial score (nSPS) is 16.4. The lowest BCUT2D eigenvalue weighted by molar-refractivity contribution is 0.0170. The monoisotopic (exact) mass is 424 g/mol. The van der Waals surface area contributed by atoms with Gasteiger partial charge in [0.05, 0.1) is 36.8 Å². The van der Waals surface area contributed by atoms with Crippen LogP contribution in [0.5, 0.6) is 0 Å². The van der Waals surface area contributed by atoms with E-state index in [9.17, 15) is 4.39 Å². The summed E-state index contributed by atoms with van der Waals surface area (Å²) in [5.41, 5.74) is 3.15. The number of rotatable bonds is 6. The fraction of sp³-hybridized carbons (Fsp3) is 0.391. The van der Waals surface area contributed by atoms with Crippen molar-refractivity contribution in [2.75, 3.05) is 39.9 Å². The van der Waals surface area contributed by atoms with E-state index in [0.717, 1.165) is 35.5 Å². The number of hydrogen-bond acceptors (Lipinski definition) is 4. The van der Waals surface area contributed by atoms with Gasteiger partial charge in [0.25, 0.3) is 0 Å². The highest BCUT2D eigenvalue weighted by atomic mass is 19.1. The van der Waals surface area contributed by atoms with Gasteiger partial charge >= 0.3 is 0 Å². The quantitative estimate of drug-likeness (QED) is 0.470. The fourth-order valence-corrected chi connectivity index (χ4v) is 3.96. The topological polar surface area (TPSA) is 66.7 Å². The maximum Gasteiger partial charge on any atom is 0.191 e. The van der Waals surface area contributed by atoms with E-state index in [4.69, 9.17) is 9.72 Å². The van der Waals surface area contributed by atoms with Gasteiger partial charge in [-0.2, -0.15) is 0 Å². The third-order valence-corrected chi connectivity index (χ3v) is 5.72. The Kier molecular flexibility index (Phi) is 6.79. The maximum atomic E-state index is 13.4. The largest absolute Gasteiger partial charge is 0.379 e. The summed E-state index contributed by atoms with van der Waals surface area (Å²) in [7, 11) is 3.78. The molecule has 0 bridgehead atoms. The van der Waals surface area contributed by atoms with E-state index in [-0.39, 0.29) is 11.9 Å². The van der Waals surface area contributed by atoms with E-state index in [1.54, 1.807) is 7.05 Å². The molecular formula is C23H29FN6O. The Balaban J connectivity index is 1.42. The van der Waals surface area contributed by atoms with Crippen molar-refractivity contribution in [2.45, 2.75) is 12.6 Å². The lowest BCUT2D eigenvalue weighted by Gasteiger charge is -2.35. The highest BCUT2D eigenvalue weighted by Crippen LogP contribution is 2.21. The number of aliphatic imine (C=N–C) groups is 1. The Morgan fingerprint density at radius 2 is 1.87 bits per heavy atom. The summed E-state index contributed by atoms with van der Waals surface area (Å²) in [4.78, 5) is 11.4. The molecule has 8 heteroatoms. The molecule has 1 unspecified atom stereocenters. The van der Waals surface area contributed by atoms with Gasteiger partial charge in [-0.05, 0) is 29.8 Å². The predicted molar refractivity (Wildman–Crippen MR) is 120 cm³/mol. The molecule has 1 aliphatic rings. The molecule has 1 saturated heterocycles. The summed E-state index contributed by atoms with van der Waals surface area (Å²) in [6.07, 6.45) is 0. The number of para-hydroxylation sites is 2. The average molecular weight is 425 g/mol. The number of ether oxygens (including phenoxy) is 1. The minimum absolute atomic E-state index is 0.0961. The summed E-state index contributed by atoms with van der Waals surface area (Å²) >= 11 is 0. The highest BCUT2D eigenvalue weighted by molar-refractivity contribution is 5.80. The van der Waals surface area contributed by atoms with E-state index in [2.05, 4.69) is 31.2 Å². The van der Waals surface area contributed by atoms with Crippen LogP contribution in [0, 0.1) is 5.82 Å². The molecule has 0 spiro atoms. The number of nitrogens with one attached hydrogen (secondary N) is 2. The molecule has 2 aromatic carbocycles. The molecule has 4 rings (SSSR count). The summed E-state index contributed by atoms with van der Waals surface area (Å²) in [5.74, 6) is 1.41. The molecular weight excluding hydrogens is 395 g/mol. The standard InChI is InChI=1S/C23H29FN6O/c1-25-23(27-16-22-28-19-5-3-4-6-20(19)29(22)2)26-15-21(30-11-13-31-14-12-30)17-7-9-18(24)10-8-17/h3-10,21H,11-16H2,1-2H3,(H2,25,26,27). The van der Waals surface area contributed by atoms with Crippen molar-refractivity contribution < 1.29 is 9.13 Å². The summed E-state index contributed by atoms with van der Waals surface area (Å²) < 4.78 is 21.0. The first-order valence-electron chi connectivity index (χ1n) is 10.6. The van der Waals surface area contributed by atoms with Crippen molar-refractivity contribution in [3.8, 4) is 0 Å². The van der Waals surface area contributed by atoms with Gasteiger partial charge in [-0.3, -0.25) is 9.89 Å². The lowest BCUT2D eigenvalue weighted by Crippen LogP contribution is -2.46. The Morgan fingerprint density at radius 1 is 1.13 bits per heavy atom. The zero-order valence-electron chi connectivity index (χ0n) is 18.0. The number of halogens is 1. The number of nitrogens with zero attached hydrogens (tertiary/aromatic N) is 4. The van der Waals surface area contributed by atoms with Gasteiger partial charge in [0.15, 0.2) is 5.96 Å². The minimum atomic E-state index is -0.225. The zero-order chi connectivity index (χ0) is 21.6. The molecule has 1 aromatic heterocycles. The van der Waals surface area contributed by atoms with Gasteiger partial charge in [-0.15, -0.1) is 0 Å². The second-order valence-corrected chi connectivity index (χ2v) is 7.60. The van der Waals surface area contributed by atoms with Crippen molar-refractivity contribution in [3.63, 3.8) is 0 Å². The Bertz CT molecular complexity index is 1030. The van der Waals surface area contributed by atoms with Crippen molar-refractivity contribution in [1.82, 2.24) is 25.1 Å². The SMILES string of the molecule is CN=C(NCc1nc2ccccc2n1C)NCC(c1ccc(F)cc1)N1CCOCC1. The third kappa shape index (κ3) is 5.03. The Morgan fingerprint density at radius 3 is 2.58 bits per heavy atom. The second kappa shape index (κ2) is 9.89. The first-order chi connectivity index (χ1) is 15.2. The van der Waals surface area contributed by atoms with E-state index < -0.39 is 0 Å². The first-order valence-corrected chi connectivity index (χ1v) is 10.6. The van der Waals surface area contributed by atoms with Crippen LogP contribution in [0.2, 0.25) is 0 Å². The van der Waals surface area contributed by atoms with Crippen molar-refractivity contribution in [2.24, 2.45) is 12.0 Å². The molecule has 0 amide bonds. The highest BCUT2D eigenvalue weighted by Gasteiger charge is 2.23. The van der Waals surface area contributed by atoms with Crippen LogP contribution in [0.1, 0.15) is 17.4 Å². The van der Waals surface area contributed by atoms with Crippen LogP contribution < -0.4 is 10.6 Å². The van der Waals surface area contributed by atoms with Crippen LogP contribution >= 0.6 is 0 Å². The summed E-state index contributed by atoms with van der Waals surface area (Å²) in [6.45, 7) is 4.30.